The maximum absolute atomic E-state index is 13.4. The van der Waals surface area contributed by atoms with Gasteiger partial charge in [-0.05, 0) is 30.7 Å². The van der Waals surface area contributed by atoms with Gasteiger partial charge in [-0.1, -0.05) is 30.3 Å². The van der Waals surface area contributed by atoms with Gasteiger partial charge in [-0.25, -0.2) is 9.97 Å². The van der Waals surface area contributed by atoms with Crippen molar-refractivity contribution in [2.75, 3.05) is 5.32 Å². The lowest BCUT2D eigenvalue weighted by Crippen LogP contribution is -2.20. The number of hydrogen-bond acceptors (Lipinski definition) is 6. The van der Waals surface area contributed by atoms with E-state index in [1.165, 1.54) is 23.5 Å². The van der Waals surface area contributed by atoms with Gasteiger partial charge in [0.2, 0.25) is 11.7 Å². The van der Waals surface area contributed by atoms with E-state index < -0.39 is 24.5 Å². The molecule has 7 nitrogen and oxygen atoms in total. The van der Waals surface area contributed by atoms with Gasteiger partial charge in [0, 0.05) is 11.1 Å². The van der Waals surface area contributed by atoms with E-state index in [-0.39, 0.29) is 30.0 Å². The molecule has 4 rings (SSSR count). The van der Waals surface area contributed by atoms with Crippen LogP contribution in [0.2, 0.25) is 0 Å². The summed E-state index contributed by atoms with van der Waals surface area (Å²) in [6.45, 7) is 1.02. The lowest BCUT2D eigenvalue weighted by atomic mass is 10.2. The molecule has 2 aromatic carbocycles. The number of anilines is 1. The highest BCUT2D eigenvalue weighted by atomic mass is 32.1. The number of alkyl halides is 3. The molecule has 0 aliphatic heterocycles. The molecule has 0 radical (unpaired) electrons. The quantitative estimate of drug-likeness (QED) is 0.380. The number of esters is 1. The van der Waals surface area contributed by atoms with Gasteiger partial charge in [-0.3, -0.25) is 9.59 Å². The van der Waals surface area contributed by atoms with Gasteiger partial charge in [-0.15, -0.1) is 11.3 Å². The number of nitrogens with zero attached hydrogens (tertiary/aromatic N) is 3. The van der Waals surface area contributed by atoms with Crippen LogP contribution in [0.4, 0.5) is 18.9 Å². The number of thiazole rings is 1. The summed E-state index contributed by atoms with van der Waals surface area (Å²) >= 11 is 1.23. The molecule has 2 aromatic heterocycles. The minimum absolute atomic E-state index is 0.0446. The highest BCUT2D eigenvalue weighted by molar-refractivity contribution is 7.09. The SMILES string of the molecule is Cc1ccccc1NC(=O)Cc1nc(COC(=O)Cn2c(C(F)(F)F)nc3ccccc32)cs1. The first kappa shape index (κ1) is 23.4. The van der Waals surface area contributed by atoms with Crippen molar-refractivity contribution in [2.24, 2.45) is 0 Å². The number of halogens is 3. The second-order valence-electron chi connectivity index (χ2n) is 7.44. The number of fused-ring (bicyclic) bond motifs is 1. The van der Waals surface area contributed by atoms with Crippen molar-refractivity contribution in [1.29, 1.82) is 0 Å². The molecule has 1 amide bonds. The minimum atomic E-state index is -4.72. The Morgan fingerprint density at radius 2 is 1.82 bits per heavy atom. The van der Waals surface area contributed by atoms with E-state index in [2.05, 4.69) is 15.3 Å². The zero-order chi connectivity index (χ0) is 24.3. The van der Waals surface area contributed by atoms with Crippen molar-refractivity contribution >= 4 is 39.9 Å². The number of imidazole rings is 1. The molecule has 34 heavy (non-hydrogen) atoms. The van der Waals surface area contributed by atoms with Gasteiger partial charge in [-0.2, -0.15) is 13.2 Å². The van der Waals surface area contributed by atoms with Crippen LogP contribution in [0.15, 0.2) is 53.9 Å². The average molecular weight is 488 g/mol. The van der Waals surface area contributed by atoms with E-state index in [0.29, 0.717) is 16.4 Å². The molecule has 0 fully saturated rings. The van der Waals surface area contributed by atoms with Crippen molar-refractivity contribution in [2.45, 2.75) is 32.7 Å². The summed E-state index contributed by atoms with van der Waals surface area (Å²) in [7, 11) is 0. The fraction of sp³-hybridized carbons (Fsp3) is 0.217. The third-order valence-corrected chi connectivity index (χ3v) is 5.80. The fourth-order valence-corrected chi connectivity index (χ4v) is 4.10. The molecule has 0 saturated carbocycles. The number of para-hydroxylation sites is 3. The van der Waals surface area contributed by atoms with Crippen LogP contribution in [-0.4, -0.2) is 26.4 Å². The molecule has 176 valence electrons. The number of carbonyl (C=O) groups excluding carboxylic acids is 2. The van der Waals surface area contributed by atoms with Crippen molar-refractivity contribution in [3.05, 3.63) is 76.0 Å². The van der Waals surface area contributed by atoms with Gasteiger partial charge in [0.25, 0.3) is 0 Å². The van der Waals surface area contributed by atoms with E-state index in [4.69, 9.17) is 4.74 Å². The normalized spacial score (nSPS) is 11.5. The van der Waals surface area contributed by atoms with Crippen LogP contribution in [0, 0.1) is 6.92 Å². The smallest absolute Gasteiger partial charge is 0.449 e. The van der Waals surface area contributed by atoms with Gasteiger partial charge in [0.15, 0.2) is 0 Å². The molecule has 0 aliphatic rings. The molecule has 0 unspecified atom stereocenters. The van der Waals surface area contributed by atoms with E-state index in [9.17, 15) is 22.8 Å². The Hall–Kier alpha value is -3.73. The van der Waals surface area contributed by atoms with Gasteiger partial charge >= 0.3 is 12.1 Å². The van der Waals surface area contributed by atoms with Crippen LogP contribution in [0.25, 0.3) is 11.0 Å². The van der Waals surface area contributed by atoms with Crippen molar-refractivity contribution in [3.63, 3.8) is 0 Å². The van der Waals surface area contributed by atoms with Crippen LogP contribution < -0.4 is 5.32 Å². The molecule has 0 aliphatic carbocycles. The van der Waals surface area contributed by atoms with Crippen molar-refractivity contribution in [3.8, 4) is 0 Å². The van der Waals surface area contributed by atoms with Crippen LogP contribution >= 0.6 is 11.3 Å². The average Bonchev–Trinajstić information content (AvgIpc) is 3.38. The van der Waals surface area contributed by atoms with E-state index in [1.54, 1.807) is 23.6 Å². The van der Waals surface area contributed by atoms with E-state index in [1.807, 2.05) is 25.1 Å². The molecule has 1 N–H and O–H groups in total. The van der Waals surface area contributed by atoms with Crippen LogP contribution in [-0.2, 0) is 40.1 Å². The minimum Gasteiger partial charge on any atom is -0.458 e. The first-order valence-electron chi connectivity index (χ1n) is 10.2. The molecular weight excluding hydrogens is 469 g/mol. The number of nitrogens with one attached hydrogen (secondary N) is 1. The molecule has 0 spiro atoms. The number of hydrogen-bond donors (Lipinski definition) is 1. The third-order valence-electron chi connectivity index (χ3n) is 4.91. The van der Waals surface area contributed by atoms with Crippen molar-refractivity contribution < 1.29 is 27.5 Å². The Labute approximate surface area is 196 Å². The Morgan fingerprint density at radius 1 is 1.09 bits per heavy atom. The van der Waals surface area contributed by atoms with Crippen LogP contribution in [0.3, 0.4) is 0 Å². The summed E-state index contributed by atoms with van der Waals surface area (Å²) in [4.78, 5) is 32.5. The molecule has 11 heteroatoms. The summed E-state index contributed by atoms with van der Waals surface area (Å²) in [6, 6.07) is 13.4. The first-order valence-corrected chi connectivity index (χ1v) is 11.1. The highest BCUT2D eigenvalue weighted by Crippen LogP contribution is 2.31. The highest BCUT2D eigenvalue weighted by Gasteiger charge is 2.38. The number of aryl methyl sites for hydroxylation is 1. The standard InChI is InChI=1S/C23H19F3N4O3S/c1-14-6-2-3-7-16(14)28-19(31)10-20-27-15(13-34-20)12-33-21(32)11-30-18-9-5-4-8-17(18)29-22(30)23(24,25)26/h2-9,13H,10-12H2,1H3,(H,28,31). The lowest BCUT2D eigenvalue weighted by Gasteiger charge is -2.11. The number of aromatic nitrogens is 3. The number of rotatable bonds is 7. The topological polar surface area (TPSA) is 86.1 Å². The number of ether oxygens (including phenoxy) is 1. The Morgan fingerprint density at radius 3 is 2.59 bits per heavy atom. The summed E-state index contributed by atoms with van der Waals surface area (Å²) < 4.78 is 46.1. The Kier molecular flexibility index (Phi) is 6.64. The first-order chi connectivity index (χ1) is 16.2. The largest absolute Gasteiger partial charge is 0.458 e. The maximum atomic E-state index is 13.4. The molecule has 0 bridgehead atoms. The Balaban J connectivity index is 1.36. The summed E-state index contributed by atoms with van der Waals surface area (Å²) in [5, 5.41) is 4.98. The predicted octanol–water partition coefficient (Wildman–Crippen LogP) is 4.74. The predicted molar refractivity (Wildman–Crippen MR) is 120 cm³/mol. The lowest BCUT2D eigenvalue weighted by molar-refractivity contribution is -0.151. The number of carbonyl (C=O) groups is 2. The second-order valence-corrected chi connectivity index (χ2v) is 8.38. The fourth-order valence-electron chi connectivity index (χ4n) is 3.32. The van der Waals surface area contributed by atoms with Crippen LogP contribution in [0.1, 0.15) is 22.1 Å². The van der Waals surface area contributed by atoms with Gasteiger partial charge < -0.3 is 14.6 Å². The van der Waals surface area contributed by atoms with E-state index in [0.717, 1.165) is 10.1 Å². The summed E-state index contributed by atoms with van der Waals surface area (Å²) in [5.74, 6) is -2.26. The second kappa shape index (κ2) is 9.64. The number of amides is 1. The molecule has 0 atom stereocenters. The summed E-state index contributed by atoms with van der Waals surface area (Å²) in [5.41, 5.74) is 2.37. The molecule has 2 heterocycles. The van der Waals surface area contributed by atoms with E-state index >= 15 is 0 Å². The zero-order valence-corrected chi connectivity index (χ0v) is 18.7. The number of benzene rings is 2. The van der Waals surface area contributed by atoms with Crippen LogP contribution in [0.5, 0.6) is 0 Å². The van der Waals surface area contributed by atoms with Gasteiger partial charge in [0.05, 0.1) is 23.1 Å². The van der Waals surface area contributed by atoms with Crippen molar-refractivity contribution in [1.82, 2.24) is 14.5 Å². The molecule has 0 saturated heterocycles. The third kappa shape index (κ3) is 5.42. The monoisotopic (exact) mass is 488 g/mol. The summed E-state index contributed by atoms with van der Waals surface area (Å²) in [6.07, 6.45) is -4.68. The van der Waals surface area contributed by atoms with Gasteiger partial charge in [0.1, 0.15) is 18.2 Å². The molecular formula is C23H19F3N4O3S. The molecule has 4 aromatic rings. The Bertz CT molecular complexity index is 1350. The maximum Gasteiger partial charge on any atom is 0.449 e. The zero-order valence-electron chi connectivity index (χ0n) is 17.9.